The molecule has 0 radical (unpaired) electrons. The van der Waals surface area contributed by atoms with Gasteiger partial charge < -0.3 is 30.1 Å². The lowest BCUT2D eigenvalue weighted by atomic mass is 10.0. The Labute approximate surface area is 326 Å². The molecule has 7 heterocycles. The third kappa shape index (κ3) is 7.14. The molecule has 56 heavy (non-hydrogen) atoms. The molecule has 9 rings (SSSR count). The second-order valence-corrected chi connectivity index (χ2v) is 15.3. The summed E-state index contributed by atoms with van der Waals surface area (Å²) >= 11 is 0. The van der Waals surface area contributed by atoms with E-state index in [1.54, 1.807) is 4.90 Å². The SMILES string of the molecule is Cc1cc(N2CC(N3CCN(C(=O)Cc4ccc(Nc5ncc6c(n5)CN(c5cnc7c(c5C)NCCO7)CC6)cc4)CC3)C2)ccc1N1CCC(=O)NC1=O. The number of urea groups is 1. The molecule has 2 aromatic heterocycles. The van der Waals surface area contributed by atoms with Gasteiger partial charge in [0.2, 0.25) is 23.6 Å². The van der Waals surface area contributed by atoms with Gasteiger partial charge >= 0.3 is 6.03 Å². The largest absolute Gasteiger partial charge is 0.474 e. The highest BCUT2D eigenvalue weighted by Crippen LogP contribution is 2.36. The van der Waals surface area contributed by atoms with Crippen LogP contribution in [0.4, 0.5) is 39.2 Å². The summed E-state index contributed by atoms with van der Waals surface area (Å²) in [6.07, 6.45) is 5.36. The molecule has 2 aromatic carbocycles. The highest BCUT2D eigenvalue weighted by Gasteiger charge is 2.35. The van der Waals surface area contributed by atoms with Crippen molar-refractivity contribution >= 4 is 52.2 Å². The number of rotatable bonds is 8. The Kier molecular flexibility index (Phi) is 9.53. The van der Waals surface area contributed by atoms with E-state index in [4.69, 9.17) is 9.72 Å². The molecule has 15 heteroatoms. The number of aromatic nitrogens is 3. The fourth-order valence-corrected chi connectivity index (χ4v) is 8.39. The minimum Gasteiger partial charge on any atom is -0.474 e. The number of nitrogens with one attached hydrogen (secondary N) is 3. The summed E-state index contributed by atoms with van der Waals surface area (Å²) in [5.74, 6) is 1.14. The Morgan fingerprint density at radius 2 is 1.73 bits per heavy atom. The Hall–Kier alpha value is -5.96. The number of anilines is 6. The lowest BCUT2D eigenvalue weighted by Crippen LogP contribution is -2.63. The highest BCUT2D eigenvalue weighted by molar-refractivity contribution is 6.06. The molecule has 0 bridgehead atoms. The number of pyridine rings is 1. The number of amides is 4. The molecule has 4 amide bonds. The molecule has 4 aromatic rings. The number of nitrogens with zero attached hydrogens (tertiary/aromatic N) is 8. The van der Waals surface area contributed by atoms with Crippen LogP contribution in [-0.4, -0.2) is 114 Å². The van der Waals surface area contributed by atoms with E-state index in [0.29, 0.717) is 50.4 Å². The van der Waals surface area contributed by atoms with Crippen LogP contribution >= 0.6 is 0 Å². The van der Waals surface area contributed by atoms with E-state index >= 15 is 0 Å². The van der Waals surface area contributed by atoms with Gasteiger partial charge in [0.05, 0.1) is 30.5 Å². The molecule has 3 saturated heterocycles. The third-order valence-electron chi connectivity index (χ3n) is 11.7. The van der Waals surface area contributed by atoms with Crippen LogP contribution in [0.25, 0.3) is 0 Å². The monoisotopic (exact) mass is 757 g/mol. The van der Waals surface area contributed by atoms with E-state index in [2.05, 4.69) is 59.7 Å². The first-order valence-corrected chi connectivity index (χ1v) is 19.6. The van der Waals surface area contributed by atoms with Crippen molar-refractivity contribution in [1.82, 2.24) is 30.1 Å². The molecule has 3 N–H and O–H groups in total. The molecule has 0 atom stereocenters. The molecule has 5 aliphatic rings. The first kappa shape index (κ1) is 35.7. The van der Waals surface area contributed by atoms with Gasteiger partial charge in [-0.3, -0.25) is 24.7 Å². The van der Waals surface area contributed by atoms with E-state index in [1.807, 2.05) is 54.5 Å². The Bertz CT molecular complexity index is 2170. The van der Waals surface area contributed by atoms with Crippen molar-refractivity contribution < 1.29 is 19.1 Å². The molecule has 0 saturated carbocycles. The van der Waals surface area contributed by atoms with Crippen molar-refractivity contribution in [2.45, 2.75) is 45.7 Å². The van der Waals surface area contributed by atoms with Crippen molar-refractivity contribution in [3.05, 3.63) is 82.8 Å². The van der Waals surface area contributed by atoms with Crippen molar-refractivity contribution in [3.63, 3.8) is 0 Å². The average molecular weight is 758 g/mol. The predicted octanol–water partition coefficient (Wildman–Crippen LogP) is 3.62. The minimum atomic E-state index is -0.362. The van der Waals surface area contributed by atoms with Gasteiger partial charge in [-0.15, -0.1) is 0 Å². The number of aryl methyl sites for hydroxylation is 1. The average Bonchev–Trinajstić information content (AvgIpc) is 3.19. The van der Waals surface area contributed by atoms with Crippen molar-refractivity contribution in [2.24, 2.45) is 0 Å². The Balaban J connectivity index is 0.736. The van der Waals surface area contributed by atoms with Crippen LogP contribution in [0.3, 0.4) is 0 Å². The maximum absolute atomic E-state index is 13.3. The first-order valence-electron chi connectivity index (χ1n) is 19.6. The van der Waals surface area contributed by atoms with Gasteiger partial charge in [0.1, 0.15) is 12.3 Å². The quantitative estimate of drug-likeness (QED) is 0.241. The number of ether oxygens (including phenoxy) is 1. The number of benzene rings is 2. The summed E-state index contributed by atoms with van der Waals surface area (Å²) in [6.45, 7) is 12.5. The van der Waals surface area contributed by atoms with Crippen LogP contribution < -0.4 is 35.4 Å². The fourth-order valence-electron chi connectivity index (χ4n) is 8.39. The van der Waals surface area contributed by atoms with Crippen molar-refractivity contribution in [2.75, 3.05) is 90.8 Å². The molecule has 5 aliphatic heterocycles. The van der Waals surface area contributed by atoms with E-state index in [0.717, 1.165) is 115 Å². The van der Waals surface area contributed by atoms with Gasteiger partial charge in [0.15, 0.2) is 0 Å². The summed E-state index contributed by atoms with van der Waals surface area (Å²) in [4.78, 5) is 62.1. The van der Waals surface area contributed by atoms with Gasteiger partial charge in [-0.25, -0.2) is 19.7 Å². The fraction of sp³-hybridized carbons (Fsp3) is 0.415. The van der Waals surface area contributed by atoms with E-state index < -0.39 is 0 Å². The minimum absolute atomic E-state index is 0.151. The lowest BCUT2D eigenvalue weighted by Gasteiger charge is -2.49. The second-order valence-electron chi connectivity index (χ2n) is 15.3. The zero-order chi connectivity index (χ0) is 38.3. The zero-order valence-corrected chi connectivity index (χ0v) is 31.9. The number of carbonyl (C=O) groups excluding carboxylic acids is 3. The van der Waals surface area contributed by atoms with Gasteiger partial charge in [-0.1, -0.05) is 12.1 Å². The summed E-state index contributed by atoms with van der Waals surface area (Å²) in [5.41, 5.74) is 10.2. The van der Waals surface area contributed by atoms with E-state index in [1.165, 1.54) is 0 Å². The molecule has 0 spiro atoms. The van der Waals surface area contributed by atoms with E-state index in [9.17, 15) is 14.4 Å². The number of imide groups is 1. The molecular weight excluding hydrogens is 711 g/mol. The topological polar surface area (TPSA) is 151 Å². The molecular formula is C41H47N11O4. The standard InChI is InChI=1S/C41H47N11O4/c1-26-19-31(7-8-34(26)52-13-10-36(53)47-41(52)55)51-23-32(24-51)48-14-16-49(17-15-48)37(54)20-28-3-5-30(6-4-28)45-40-44-21-29-9-12-50(25-33(29)46-40)35-22-43-39-38(27(35)2)42-11-18-56-39/h3-8,19,21-22,32,42H,9-18,20,23-25H2,1-2H3,(H,44,45,46)(H,47,53,55). The van der Waals surface area contributed by atoms with Gasteiger partial charge in [0, 0.05) is 100 Å². The number of hydrogen-bond acceptors (Lipinski definition) is 12. The first-order chi connectivity index (χ1) is 27.3. The molecule has 0 unspecified atom stereocenters. The zero-order valence-electron chi connectivity index (χ0n) is 31.9. The molecule has 0 aliphatic carbocycles. The number of hydrogen-bond donors (Lipinski definition) is 3. The summed E-state index contributed by atoms with van der Waals surface area (Å²) in [5, 5.41) is 9.19. The summed E-state index contributed by atoms with van der Waals surface area (Å²) in [7, 11) is 0. The predicted molar refractivity (Wildman–Crippen MR) is 214 cm³/mol. The number of piperazine rings is 1. The highest BCUT2D eigenvalue weighted by atomic mass is 16.5. The number of carbonyl (C=O) groups is 3. The smallest absolute Gasteiger partial charge is 0.328 e. The van der Waals surface area contributed by atoms with E-state index in [-0.39, 0.29) is 17.8 Å². The third-order valence-corrected chi connectivity index (χ3v) is 11.7. The van der Waals surface area contributed by atoms with Gasteiger partial charge in [-0.2, -0.15) is 0 Å². The molecule has 15 nitrogen and oxygen atoms in total. The van der Waals surface area contributed by atoms with Crippen molar-refractivity contribution in [1.29, 1.82) is 0 Å². The van der Waals surface area contributed by atoms with Crippen LogP contribution in [0.5, 0.6) is 5.88 Å². The summed E-state index contributed by atoms with van der Waals surface area (Å²) in [6, 6.07) is 14.2. The molecule has 290 valence electrons. The van der Waals surface area contributed by atoms with Crippen LogP contribution in [0.2, 0.25) is 0 Å². The van der Waals surface area contributed by atoms with Crippen LogP contribution in [0, 0.1) is 13.8 Å². The Morgan fingerprint density at radius 1 is 0.911 bits per heavy atom. The van der Waals surface area contributed by atoms with Crippen LogP contribution in [0.15, 0.2) is 54.9 Å². The second kappa shape index (κ2) is 14.9. The van der Waals surface area contributed by atoms with Gasteiger partial charge in [-0.05, 0) is 67.3 Å². The Morgan fingerprint density at radius 3 is 2.52 bits per heavy atom. The van der Waals surface area contributed by atoms with Crippen LogP contribution in [0.1, 0.15) is 34.4 Å². The lowest BCUT2D eigenvalue weighted by molar-refractivity contribution is -0.132. The van der Waals surface area contributed by atoms with Crippen molar-refractivity contribution in [3.8, 4) is 5.88 Å². The van der Waals surface area contributed by atoms with Crippen LogP contribution in [-0.2, 0) is 29.0 Å². The van der Waals surface area contributed by atoms with Gasteiger partial charge in [0.25, 0.3) is 0 Å². The maximum atomic E-state index is 13.3. The number of fused-ring (bicyclic) bond motifs is 2. The summed E-state index contributed by atoms with van der Waals surface area (Å²) < 4.78 is 5.72. The normalized spacial score (nSPS) is 18.7. The maximum Gasteiger partial charge on any atom is 0.328 e. The molecule has 3 fully saturated rings.